The standard InChI is InChI=1S/C12H21ClN2OS/c1-3-16-9-8-15(2)7-6-14-10-11-4-5-12(13)17-11/h4-5,14H,3,6-10H2,1-2H3. The molecule has 5 heteroatoms. The lowest BCUT2D eigenvalue weighted by atomic mass is 10.4. The molecule has 0 spiro atoms. The molecule has 0 saturated heterocycles. The van der Waals surface area contributed by atoms with E-state index in [4.69, 9.17) is 16.3 Å². The molecular weight excluding hydrogens is 256 g/mol. The maximum Gasteiger partial charge on any atom is 0.0931 e. The van der Waals surface area contributed by atoms with Gasteiger partial charge in [-0.25, -0.2) is 0 Å². The van der Waals surface area contributed by atoms with Crippen LogP contribution in [0.15, 0.2) is 12.1 Å². The van der Waals surface area contributed by atoms with E-state index in [1.54, 1.807) is 11.3 Å². The van der Waals surface area contributed by atoms with Crippen LogP contribution in [-0.4, -0.2) is 44.8 Å². The van der Waals surface area contributed by atoms with Crippen molar-refractivity contribution in [3.05, 3.63) is 21.3 Å². The summed E-state index contributed by atoms with van der Waals surface area (Å²) < 4.78 is 6.16. The predicted octanol–water partition coefficient (Wildman–Crippen LogP) is 2.46. The van der Waals surface area contributed by atoms with Crippen molar-refractivity contribution in [2.24, 2.45) is 0 Å². The maximum absolute atomic E-state index is 5.86. The van der Waals surface area contributed by atoms with Crippen molar-refractivity contribution in [1.82, 2.24) is 10.2 Å². The van der Waals surface area contributed by atoms with Crippen molar-refractivity contribution >= 4 is 22.9 Å². The van der Waals surface area contributed by atoms with Crippen LogP contribution >= 0.6 is 22.9 Å². The second-order valence-electron chi connectivity index (χ2n) is 3.88. The molecule has 0 aliphatic carbocycles. The molecule has 1 N–H and O–H groups in total. The molecule has 0 radical (unpaired) electrons. The zero-order valence-corrected chi connectivity index (χ0v) is 12.1. The Labute approximate surface area is 113 Å². The van der Waals surface area contributed by atoms with Gasteiger partial charge in [0, 0.05) is 37.7 Å². The van der Waals surface area contributed by atoms with Crippen molar-refractivity contribution in [1.29, 1.82) is 0 Å². The molecule has 0 aliphatic rings. The lowest BCUT2D eigenvalue weighted by Gasteiger charge is -2.16. The fraction of sp³-hybridized carbons (Fsp3) is 0.667. The van der Waals surface area contributed by atoms with Gasteiger partial charge in [-0.05, 0) is 26.1 Å². The Kier molecular flexibility index (Phi) is 7.81. The number of nitrogens with one attached hydrogen (secondary N) is 1. The van der Waals surface area contributed by atoms with E-state index < -0.39 is 0 Å². The van der Waals surface area contributed by atoms with Gasteiger partial charge in [-0.2, -0.15) is 0 Å². The fourth-order valence-corrected chi connectivity index (χ4v) is 2.46. The van der Waals surface area contributed by atoms with Crippen LogP contribution in [-0.2, 0) is 11.3 Å². The van der Waals surface area contributed by atoms with E-state index in [2.05, 4.69) is 23.3 Å². The average Bonchev–Trinajstić information content (AvgIpc) is 2.71. The third kappa shape index (κ3) is 7.01. The van der Waals surface area contributed by atoms with Gasteiger partial charge in [-0.1, -0.05) is 11.6 Å². The van der Waals surface area contributed by atoms with E-state index in [1.807, 2.05) is 13.0 Å². The molecule has 1 aromatic heterocycles. The number of halogens is 1. The van der Waals surface area contributed by atoms with Crippen molar-refractivity contribution in [3.63, 3.8) is 0 Å². The number of hydrogen-bond donors (Lipinski definition) is 1. The Bertz CT molecular complexity index is 306. The van der Waals surface area contributed by atoms with Crippen LogP contribution in [0, 0.1) is 0 Å². The van der Waals surface area contributed by atoms with E-state index in [0.29, 0.717) is 0 Å². The molecule has 0 aliphatic heterocycles. The first-order valence-corrected chi connectivity index (χ1v) is 7.13. The van der Waals surface area contributed by atoms with Crippen LogP contribution in [0.4, 0.5) is 0 Å². The second-order valence-corrected chi connectivity index (χ2v) is 5.68. The number of hydrogen-bond acceptors (Lipinski definition) is 4. The van der Waals surface area contributed by atoms with Gasteiger partial charge in [-0.3, -0.25) is 0 Å². The average molecular weight is 277 g/mol. The Morgan fingerprint density at radius 1 is 1.41 bits per heavy atom. The molecule has 0 saturated carbocycles. The predicted molar refractivity (Wildman–Crippen MR) is 75.0 cm³/mol. The van der Waals surface area contributed by atoms with E-state index in [0.717, 1.165) is 43.7 Å². The first-order valence-electron chi connectivity index (χ1n) is 5.93. The van der Waals surface area contributed by atoms with Gasteiger partial charge in [0.15, 0.2) is 0 Å². The summed E-state index contributed by atoms with van der Waals surface area (Å²) in [5.74, 6) is 0. The number of nitrogens with zero attached hydrogens (tertiary/aromatic N) is 1. The van der Waals surface area contributed by atoms with E-state index in [9.17, 15) is 0 Å². The molecular formula is C12H21ClN2OS. The fourth-order valence-electron chi connectivity index (χ4n) is 1.40. The Morgan fingerprint density at radius 3 is 2.88 bits per heavy atom. The number of rotatable bonds is 9. The molecule has 1 aromatic rings. The van der Waals surface area contributed by atoms with Gasteiger partial charge in [0.2, 0.25) is 0 Å². The second kappa shape index (κ2) is 8.89. The molecule has 17 heavy (non-hydrogen) atoms. The van der Waals surface area contributed by atoms with Crippen molar-refractivity contribution < 1.29 is 4.74 Å². The molecule has 0 unspecified atom stereocenters. The maximum atomic E-state index is 5.86. The summed E-state index contributed by atoms with van der Waals surface area (Å²) in [4.78, 5) is 3.55. The number of likely N-dealkylation sites (N-methyl/N-ethyl adjacent to an activating group) is 1. The molecule has 0 aromatic carbocycles. The lowest BCUT2D eigenvalue weighted by molar-refractivity contribution is 0.122. The summed E-state index contributed by atoms with van der Waals surface area (Å²) in [5, 5.41) is 3.41. The number of thiophene rings is 1. The normalized spacial score (nSPS) is 11.3. The molecule has 98 valence electrons. The van der Waals surface area contributed by atoms with Crippen LogP contribution in [0.3, 0.4) is 0 Å². The molecule has 3 nitrogen and oxygen atoms in total. The van der Waals surface area contributed by atoms with Gasteiger partial charge >= 0.3 is 0 Å². The first-order chi connectivity index (χ1) is 8.22. The van der Waals surface area contributed by atoms with Gasteiger partial charge in [-0.15, -0.1) is 11.3 Å². The third-order valence-electron chi connectivity index (χ3n) is 2.42. The molecule has 0 amide bonds. The van der Waals surface area contributed by atoms with Crippen LogP contribution in [0.1, 0.15) is 11.8 Å². The minimum absolute atomic E-state index is 0.797. The molecule has 1 heterocycles. The van der Waals surface area contributed by atoms with Crippen LogP contribution < -0.4 is 5.32 Å². The van der Waals surface area contributed by atoms with Gasteiger partial charge in [0.1, 0.15) is 0 Å². The van der Waals surface area contributed by atoms with Crippen molar-refractivity contribution in [2.75, 3.05) is 39.9 Å². The summed E-state index contributed by atoms with van der Waals surface area (Å²) >= 11 is 7.50. The first kappa shape index (κ1) is 14.9. The van der Waals surface area contributed by atoms with Crippen LogP contribution in [0.2, 0.25) is 4.34 Å². The van der Waals surface area contributed by atoms with Crippen LogP contribution in [0.5, 0.6) is 0 Å². The summed E-state index contributed by atoms with van der Waals surface area (Å²) in [5.41, 5.74) is 0. The minimum atomic E-state index is 0.797. The lowest BCUT2D eigenvalue weighted by Crippen LogP contribution is -2.31. The zero-order chi connectivity index (χ0) is 12.5. The van der Waals surface area contributed by atoms with E-state index in [1.165, 1.54) is 4.88 Å². The van der Waals surface area contributed by atoms with Crippen LogP contribution in [0.25, 0.3) is 0 Å². The molecule has 0 atom stereocenters. The Hall–Kier alpha value is -0.130. The van der Waals surface area contributed by atoms with Crippen molar-refractivity contribution in [2.45, 2.75) is 13.5 Å². The summed E-state index contributed by atoms with van der Waals surface area (Å²) in [6.45, 7) is 7.54. The Morgan fingerprint density at radius 2 is 2.24 bits per heavy atom. The van der Waals surface area contributed by atoms with E-state index in [-0.39, 0.29) is 0 Å². The summed E-state index contributed by atoms with van der Waals surface area (Å²) in [7, 11) is 2.11. The molecule has 1 rings (SSSR count). The highest BCUT2D eigenvalue weighted by atomic mass is 35.5. The Balaban J connectivity index is 2.00. The smallest absolute Gasteiger partial charge is 0.0931 e. The van der Waals surface area contributed by atoms with Gasteiger partial charge in [0.05, 0.1) is 10.9 Å². The highest BCUT2D eigenvalue weighted by molar-refractivity contribution is 7.16. The largest absolute Gasteiger partial charge is 0.380 e. The monoisotopic (exact) mass is 276 g/mol. The quantitative estimate of drug-likeness (QED) is 0.701. The third-order valence-corrected chi connectivity index (χ3v) is 3.65. The topological polar surface area (TPSA) is 24.5 Å². The molecule has 0 bridgehead atoms. The van der Waals surface area contributed by atoms with Gasteiger partial charge < -0.3 is 15.0 Å². The van der Waals surface area contributed by atoms with E-state index >= 15 is 0 Å². The number of ether oxygens (including phenoxy) is 1. The summed E-state index contributed by atoms with van der Waals surface area (Å²) in [6.07, 6.45) is 0. The van der Waals surface area contributed by atoms with Gasteiger partial charge in [0.25, 0.3) is 0 Å². The van der Waals surface area contributed by atoms with Crippen molar-refractivity contribution in [3.8, 4) is 0 Å². The highest BCUT2D eigenvalue weighted by Crippen LogP contribution is 2.20. The zero-order valence-electron chi connectivity index (χ0n) is 10.5. The highest BCUT2D eigenvalue weighted by Gasteiger charge is 1.99. The molecule has 0 fully saturated rings. The SMILES string of the molecule is CCOCCN(C)CCNCc1ccc(Cl)s1. The minimum Gasteiger partial charge on any atom is -0.380 e. The summed E-state index contributed by atoms with van der Waals surface area (Å²) in [6, 6.07) is 4.01.